The summed E-state index contributed by atoms with van der Waals surface area (Å²) in [5.41, 5.74) is 6.08. The van der Waals surface area contributed by atoms with Gasteiger partial charge in [-0.1, -0.05) is 28.1 Å². The summed E-state index contributed by atoms with van der Waals surface area (Å²) in [6.45, 7) is 2.05. The molecular formula is C13H17BrN2O3. The third kappa shape index (κ3) is 4.01. The van der Waals surface area contributed by atoms with Crippen molar-refractivity contribution in [3.05, 3.63) is 34.3 Å². The van der Waals surface area contributed by atoms with Crippen LogP contribution in [0.1, 0.15) is 11.7 Å². The van der Waals surface area contributed by atoms with Gasteiger partial charge >= 0.3 is 0 Å². The van der Waals surface area contributed by atoms with Gasteiger partial charge < -0.3 is 15.6 Å². The maximum Gasteiger partial charge on any atom is 0.247 e. The number of β-amino-alcohol motifs (C(OH)–C–C–N with tert-alkyl or cyclic N) is 1. The van der Waals surface area contributed by atoms with Crippen molar-refractivity contribution in [2.75, 3.05) is 26.2 Å². The Labute approximate surface area is 120 Å². The maximum absolute atomic E-state index is 11.1. The van der Waals surface area contributed by atoms with Crippen LogP contribution in [0.15, 0.2) is 28.7 Å². The lowest BCUT2D eigenvalue weighted by Crippen LogP contribution is -2.49. The summed E-state index contributed by atoms with van der Waals surface area (Å²) in [5.74, 6) is -0.456. The second-order valence-electron chi connectivity index (χ2n) is 4.59. The molecule has 3 N–H and O–H groups in total. The fourth-order valence-electron chi connectivity index (χ4n) is 2.08. The van der Waals surface area contributed by atoms with Crippen LogP contribution < -0.4 is 5.73 Å². The van der Waals surface area contributed by atoms with Crippen molar-refractivity contribution in [3.8, 4) is 0 Å². The van der Waals surface area contributed by atoms with Gasteiger partial charge in [0.25, 0.3) is 0 Å². The Bertz CT molecular complexity index is 438. The molecule has 1 amide bonds. The minimum Gasteiger partial charge on any atom is -0.387 e. The molecule has 0 aromatic heterocycles. The number of primary amides is 1. The van der Waals surface area contributed by atoms with Crippen LogP contribution in [0.4, 0.5) is 0 Å². The molecule has 1 heterocycles. The van der Waals surface area contributed by atoms with Gasteiger partial charge in [0.2, 0.25) is 5.91 Å². The molecule has 0 bridgehead atoms. The van der Waals surface area contributed by atoms with E-state index in [0.29, 0.717) is 26.2 Å². The van der Waals surface area contributed by atoms with E-state index in [1.54, 1.807) is 0 Å². The molecule has 1 aromatic rings. The SMILES string of the molecule is NC(=O)[C@@H]1CN(C[C@@H](O)c2ccc(Br)cc2)CCO1. The van der Waals surface area contributed by atoms with Gasteiger partial charge in [0.15, 0.2) is 0 Å². The predicted molar refractivity (Wildman–Crippen MR) is 74.5 cm³/mol. The molecule has 1 fully saturated rings. The number of carbonyl (C=O) groups is 1. The third-order valence-corrected chi connectivity index (χ3v) is 3.68. The van der Waals surface area contributed by atoms with Gasteiger partial charge in [0, 0.05) is 24.1 Å². The van der Waals surface area contributed by atoms with Crippen LogP contribution in [0.2, 0.25) is 0 Å². The topological polar surface area (TPSA) is 75.8 Å². The van der Waals surface area contributed by atoms with E-state index in [1.165, 1.54) is 0 Å². The molecule has 0 saturated carbocycles. The number of hydrogen-bond donors (Lipinski definition) is 2. The second-order valence-corrected chi connectivity index (χ2v) is 5.50. The Morgan fingerprint density at radius 1 is 1.53 bits per heavy atom. The van der Waals surface area contributed by atoms with Crippen molar-refractivity contribution < 1.29 is 14.6 Å². The average molecular weight is 329 g/mol. The molecule has 6 heteroatoms. The zero-order valence-corrected chi connectivity index (χ0v) is 12.0. The highest BCUT2D eigenvalue weighted by atomic mass is 79.9. The van der Waals surface area contributed by atoms with Gasteiger partial charge in [-0.05, 0) is 17.7 Å². The quantitative estimate of drug-likeness (QED) is 0.851. The van der Waals surface area contributed by atoms with Crippen LogP contribution in [0.25, 0.3) is 0 Å². The highest BCUT2D eigenvalue weighted by Gasteiger charge is 2.26. The zero-order chi connectivity index (χ0) is 13.8. The van der Waals surface area contributed by atoms with Gasteiger partial charge in [-0.2, -0.15) is 0 Å². The van der Waals surface area contributed by atoms with Gasteiger partial charge in [0.05, 0.1) is 12.7 Å². The van der Waals surface area contributed by atoms with E-state index < -0.39 is 18.1 Å². The number of carbonyl (C=O) groups excluding carboxylic acids is 1. The number of nitrogens with two attached hydrogens (primary N) is 1. The number of hydrogen-bond acceptors (Lipinski definition) is 4. The standard InChI is InChI=1S/C13H17BrN2O3/c14-10-3-1-9(2-4-10)11(17)7-16-5-6-19-12(8-16)13(15)18/h1-4,11-12,17H,5-8H2,(H2,15,18)/t11-,12+/m1/s1. The smallest absolute Gasteiger partial charge is 0.247 e. The van der Waals surface area contributed by atoms with E-state index >= 15 is 0 Å². The van der Waals surface area contributed by atoms with Crippen LogP contribution >= 0.6 is 15.9 Å². The Kier molecular flexibility index (Phi) is 4.93. The van der Waals surface area contributed by atoms with E-state index in [9.17, 15) is 9.90 Å². The normalized spacial score (nSPS) is 22.1. The van der Waals surface area contributed by atoms with Crippen molar-refractivity contribution in [3.63, 3.8) is 0 Å². The Hall–Kier alpha value is -0.950. The zero-order valence-electron chi connectivity index (χ0n) is 10.5. The number of aliphatic hydroxyl groups is 1. The number of rotatable bonds is 4. The van der Waals surface area contributed by atoms with Crippen molar-refractivity contribution in [1.29, 1.82) is 0 Å². The molecule has 0 aliphatic carbocycles. The first-order valence-corrected chi connectivity index (χ1v) is 6.92. The highest BCUT2D eigenvalue weighted by Crippen LogP contribution is 2.18. The van der Waals surface area contributed by atoms with Crippen molar-refractivity contribution in [2.45, 2.75) is 12.2 Å². The lowest BCUT2D eigenvalue weighted by atomic mass is 10.1. The van der Waals surface area contributed by atoms with E-state index in [-0.39, 0.29) is 0 Å². The molecule has 1 aliphatic rings. The summed E-state index contributed by atoms with van der Waals surface area (Å²) < 4.78 is 6.24. The van der Waals surface area contributed by atoms with Crippen LogP contribution in [0.5, 0.6) is 0 Å². The number of nitrogens with zero attached hydrogens (tertiary/aromatic N) is 1. The summed E-state index contributed by atoms with van der Waals surface area (Å²) >= 11 is 3.36. The molecule has 0 spiro atoms. The lowest BCUT2D eigenvalue weighted by molar-refractivity contribution is -0.135. The number of aliphatic hydroxyl groups excluding tert-OH is 1. The molecule has 1 aromatic carbocycles. The van der Waals surface area contributed by atoms with Crippen molar-refractivity contribution in [2.24, 2.45) is 5.73 Å². The van der Waals surface area contributed by atoms with E-state index in [0.717, 1.165) is 10.0 Å². The Morgan fingerprint density at radius 2 is 2.21 bits per heavy atom. The fraction of sp³-hybridized carbons (Fsp3) is 0.462. The van der Waals surface area contributed by atoms with Crippen molar-refractivity contribution >= 4 is 21.8 Å². The number of morpholine rings is 1. The monoisotopic (exact) mass is 328 g/mol. The molecule has 5 nitrogen and oxygen atoms in total. The number of halogens is 1. The van der Waals surface area contributed by atoms with Gasteiger partial charge in [-0.3, -0.25) is 9.69 Å². The van der Waals surface area contributed by atoms with E-state index in [1.807, 2.05) is 29.2 Å². The van der Waals surface area contributed by atoms with Crippen LogP contribution in [-0.4, -0.2) is 48.3 Å². The summed E-state index contributed by atoms with van der Waals surface area (Å²) in [7, 11) is 0. The Morgan fingerprint density at radius 3 is 2.84 bits per heavy atom. The molecular weight excluding hydrogens is 312 g/mol. The summed E-state index contributed by atoms with van der Waals surface area (Å²) in [6, 6.07) is 7.54. The predicted octanol–water partition coefficient (Wildman–Crippen LogP) is 0.669. The van der Waals surface area contributed by atoms with Crippen LogP contribution in [-0.2, 0) is 9.53 Å². The molecule has 1 aliphatic heterocycles. The Balaban J connectivity index is 1.93. The maximum atomic E-state index is 11.1. The number of ether oxygens (including phenoxy) is 1. The first-order chi connectivity index (χ1) is 9.06. The van der Waals surface area contributed by atoms with Gasteiger partial charge in [-0.15, -0.1) is 0 Å². The number of benzene rings is 1. The second kappa shape index (κ2) is 6.47. The number of amides is 1. The van der Waals surface area contributed by atoms with Crippen LogP contribution in [0, 0.1) is 0 Å². The largest absolute Gasteiger partial charge is 0.387 e. The van der Waals surface area contributed by atoms with E-state index in [4.69, 9.17) is 10.5 Å². The highest BCUT2D eigenvalue weighted by molar-refractivity contribution is 9.10. The van der Waals surface area contributed by atoms with Crippen LogP contribution in [0.3, 0.4) is 0 Å². The van der Waals surface area contributed by atoms with Gasteiger partial charge in [0.1, 0.15) is 6.10 Å². The third-order valence-electron chi connectivity index (χ3n) is 3.15. The molecule has 0 unspecified atom stereocenters. The average Bonchev–Trinajstić information content (AvgIpc) is 2.39. The summed E-state index contributed by atoms with van der Waals surface area (Å²) in [6.07, 6.45) is -1.16. The molecule has 2 rings (SSSR count). The lowest BCUT2D eigenvalue weighted by Gasteiger charge is -2.32. The summed E-state index contributed by atoms with van der Waals surface area (Å²) in [4.78, 5) is 13.1. The molecule has 19 heavy (non-hydrogen) atoms. The molecule has 0 radical (unpaired) electrons. The minimum atomic E-state index is -0.584. The van der Waals surface area contributed by atoms with E-state index in [2.05, 4.69) is 15.9 Å². The first-order valence-electron chi connectivity index (χ1n) is 6.13. The summed E-state index contributed by atoms with van der Waals surface area (Å²) in [5, 5.41) is 10.2. The molecule has 1 saturated heterocycles. The van der Waals surface area contributed by atoms with Crippen molar-refractivity contribution in [1.82, 2.24) is 4.90 Å². The first kappa shape index (κ1) is 14.5. The molecule has 2 atom stereocenters. The fourth-order valence-corrected chi connectivity index (χ4v) is 2.34. The molecule has 104 valence electrons. The van der Waals surface area contributed by atoms with Gasteiger partial charge in [-0.25, -0.2) is 0 Å². The minimum absolute atomic E-state index is 0.433.